The summed E-state index contributed by atoms with van der Waals surface area (Å²) in [7, 11) is 0. The van der Waals surface area contributed by atoms with E-state index in [0.717, 1.165) is 0 Å². The lowest BCUT2D eigenvalue weighted by molar-refractivity contribution is -0.165. The molecular formula is C24H48N4. The summed E-state index contributed by atoms with van der Waals surface area (Å²) in [6.07, 6.45) is 2.63. The number of nitrogens with zero attached hydrogens (tertiary/aromatic N) is 4. The minimum atomic E-state index is 0.356. The molecule has 0 unspecified atom stereocenters. The first-order chi connectivity index (χ1) is 12.9. The Bertz CT molecular complexity index is 527. The molecule has 2 aliphatic heterocycles. The largest absolute Gasteiger partial charge is 0.298 e. The van der Waals surface area contributed by atoms with Crippen molar-refractivity contribution in [3.8, 4) is 0 Å². The molecule has 3 rings (SSSR count). The van der Waals surface area contributed by atoms with E-state index in [1.165, 1.54) is 39.0 Å². The number of piperazine rings is 2. The van der Waals surface area contributed by atoms with Crippen molar-refractivity contribution < 1.29 is 0 Å². The van der Waals surface area contributed by atoms with E-state index in [1.807, 2.05) is 0 Å². The number of hydrogen-bond donors (Lipinski definition) is 0. The van der Waals surface area contributed by atoms with Gasteiger partial charge >= 0.3 is 0 Å². The van der Waals surface area contributed by atoms with Crippen molar-refractivity contribution in [3.05, 3.63) is 0 Å². The molecule has 3 fully saturated rings. The van der Waals surface area contributed by atoms with Crippen molar-refractivity contribution in [3.63, 3.8) is 0 Å². The van der Waals surface area contributed by atoms with Gasteiger partial charge in [0.15, 0.2) is 0 Å². The SMILES string of the molecule is CC(C)N1C[C@@H](C)N(C2(C)CC(C)(N3CCN(C(C)C)[C@@H](C)[C@H]3C)C2)[C@@H](C)C1. The molecule has 0 radical (unpaired) electrons. The zero-order valence-corrected chi connectivity index (χ0v) is 20.5. The molecule has 0 aromatic carbocycles. The Labute approximate surface area is 175 Å². The van der Waals surface area contributed by atoms with Gasteiger partial charge in [-0.1, -0.05) is 0 Å². The second-order valence-corrected chi connectivity index (χ2v) is 11.5. The van der Waals surface area contributed by atoms with Crippen LogP contribution in [0.3, 0.4) is 0 Å². The molecule has 0 amide bonds. The third kappa shape index (κ3) is 3.79. The monoisotopic (exact) mass is 392 g/mol. The van der Waals surface area contributed by atoms with E-state index in [2.05, 4.69) is 88.8 Å². The summed E-state index contributed by atoms with van der Waals surface area (Å²) in [6.45, 7) is 29.2. The topological polar surface area (TPSA) is 13.0 Å². The summed E-state index contributed by atoms with van der Waals surface area (Å²) in [4.78, 5) is 11.1. The molecule has 4 heteroatoms. The van der Waals surface area contributed by atoms with E-state index in [-0.39, 0.29) is 0 Å². The Morgan fingerprint density at radius 2 is 1.25 bits per heavy atom. The van der Waals surface area contributed by atoms with Crippen LogP contribution in [0.15, 0.2) is 0 Å². The maximum Gasteiger partial charge on any atom is 0.0226 e. The van der Waals surface area contributed by atoms with Crippen molar-refractivity contribution in [2.45, 2.75) is 129 Å². The van der Waals surface area contributed by atoms with Gasteiger partial charge in [0.25, 0.3) is 0 Å². The van der Waals surface area contributed by atoms with Crippen LogP contribution >= 0.6 is 0 Å². The zero-order chi connectivity index (χ0) is 21.0. The second-order valence-electron chi connectivity index (χ2n) is 11.5. The lowest BCUT2D eigenvalue weighted by atomic mass is 9.61. The predicted molar refractivity (Wildman–Crippen MR) is 121 cm³/mol. The summed E-state index contributed by atoms with van der Waals surface area (Å²) < 4.78 is 0. The molecule has 4 atom stereocenters. The highest BCUT2D eigenvalue weighted by atomic mass is 15.4. The molecule has 4 nitrogen and oxygen atoms in total. The molecule has 1 aliphatic carbocycles. The van der Waals surface area contributed by atoms with Crippen LogP contribution in [-0.2, 0) is 0 Å². The van der Waals surface area contributed by atoms with Gasteiger partial charge in [0, 0.05) is 73.5 Å². The van der Waals surface area contributed by atoms with E-state index in [9.17, 15) is 0 Å². The van der Waals surface area contributed by atoms with Crippen LogP contribution in [0.25, 0.3) is 0 Å². The van der Waals surface area contributed by atoms with E-state index in [0.29, 0.717) is 47.3 Å². The van der Waals surface area contributed by atoms with Gasteiger partial charge in [-0.25, -0.2) is 0 Å². The van der Waals surface area contributed by atoms with Crippen LogP contribution < -0.4 is 0 Å². The first-order valence-corrected chi connectivity index (χ1v) is 11.9. The van der Waals surface area contributed by atoms with E-state index in [1.54, 1.807) is 0 Å². The summed E-state index contributed by atoms with van der Waals surface area (Å²) in [6, 6.07) is 3.89. The van der Waals surface area contributed by atoms with Crippen molar-refractivity contribution in [1.29, 1.82) is 0 Å². The summed E-state index contributed by atoms with van der Waals surface area (Å²) in [5, 5.41) is 0. The molecule has 0 aromatic rings. The molecule has 2 heterocycles. The van der Waals surface area contributed by atoms with Crippen LogP contribution in [0.1, 0.15) is 82.1 Å². The van der Waals surface area contributed by atoms with E-state index in [4.69, 9.17) is 0 Å². The number of rotatable bonds is 4. The molecule has 28 heavy (non-hydrogen) atoms. The predicted octanol–water partition coefficient (Wildman–Crippen LogP) is 3.90. The van der Waals surface area contributed by atoms with Gasteiger partial charge in [-0.15, -0.1) is 0 Å². The van der Waals surface area contributed by atoms with Crippen LogP contribution in [0.5, 0.6) is 0 Å². The molecule has 164 valence electrons. The highest BCUT2D eigenvalue weighted by Crippen LogP contribution is 2.52. The van der Waals surface area contributed by atoms with Gasteiger partial charge < -0.3 is 0 Å². The van der Waals surface area contributed by atoms with E-state index >= 15 is 0 Å². The average molecular weight is 393 g/mol. The Morgan fingerprint density at radius 3 is 1.71 bits per heavy atom. The van der Waals surface area contributed by atoms with Gasteiger partial charge in [0.05, 0.1) is 0 Å². The first kappa shape index (κ1) is 22.5. The Morgan fingerprint density at radius 1 is 0.714 bits per heavy atom. The van der Waals surface area contributed by atoms with Gasteiger partial charge in [-0.05, 0) is 82.1 Å². The van der Waals surface area contributed by atoms with Gasteiger partial charge in [0.1, 0.15) is 0 Å². The molecule has 0 aromatic heterocycles. The second kappa shape index (κ2) is 7.83. The molecule has 2 saturated heterocycles. The molecule has 0 bridgehead atoms. The maximum absolute atomic E-state index is 2.88. The fourth-order valence-corrected chi connectivity index (χ4v) is 7.48. The minimum absolute atomic E-state index is 0.356. The van der Waals surface area contributed by atoms with Gasteiger partial charge in [0.2, 0.25) is 0 Å². The summed E-state index contributed by atoms with van der Waals surface area (Å²) in [5.41, 5.74) is 0.717. The van der Waals surface area contributed by atoms with E-state index < -0.39 is 0 Å². The molecule has 0 spiro atoms. The fraction of sp³-hybridized carbons (Fsp3) is 1.00. The van der Waals surface area contributed by atoms with Crippen molar-refractivity contribution >= 4 is 0 Å². The van der Waals surface area contributed by atoms with Crippen LogP contribution in [-0.4, -0.2) is 93.1 Å². The quantitative estimate of drug-likeness (QED) is 0.719. The molecule has 1 saturated carbocycles. The minimum Gasteiger partial charge on any atom is -0.298 e. The Balaban J connectivity index is 1.68. The molecular weight excluding hydrogens is 344 g/mol. The van der Waals surface area contributed by atoms with Gasteiger partial charge in [-0.3, -0.25) is 19.6 Å². The standard InChI is InChI=1S/C24H48N4/c1-17(2)25-13-19(5)28(20(6)14-25)24(10)15-23(9,16-24)27-12-11-26(18(3)4)21(7)22(27)8/h17-22H,11-16H2,1-10H3/t19-,20+,21-,22+,23?,24?/m0/s1. The van der Waals surface area contributed by atoms with Gasteiger partial charge in [-0.2, -0.15) is 0 Å². The maximum atomic E-state index is 2.88. The lowest BCUT2D eigenvalue weighted by Crippen LogP contribution is -2.76. The highest BCUT2D eigenvalue weighted by Gasteiger charge is 2.58. The molecule has 0 N–H and O–H groups in total. The van der Waals surface area contributed by atoms with Crippen LogP contribution in [0, 0.1) is 0 Å². The summed E-state index contributed by atoms with van der Waals surface area (Å²) in [5.74, 6) is 0. The normalized spacial score (nSPS) is 45.0. The smallest absolute Gasteiger partial charge is 0.0226 e. The fourth-order valence-electron chi connectivity index (χ4n) is 7.48. The van der Waals surface area contributed by atoms with Crippen molar-refractivity contribution in [2.75, 3.05) is 26.2 Å². The van der Waals surface area contributed by atoms with Crippen molar-refractivity contribution in [2.24, 2.45) is 0 Å². The Kier molecular flexibility index (Phi) is 6.30. The molecule has 3 aliphatic rings. The third-order valence-corrected chi connectivity index (χ3v) is 8.49. The summed E-state index contributed by atoms with van der Waals surface area (Å²) >= 11 is 0. The highest BCUT2D eigenvalue weighted by molar-refractivity contribution is 5.16. The van der Waals surface area contributed by atoms with Crippen LogP contribution in [0.4, 0.5) is 0 Å². The van der Waals surface area contributed by atoms with Crippen molar-refractivity contribution in [1.82, 2.24) is 19.6 Å². The number of hydrogen-bond acceptors (Lipinski definition) is 4. The average Bonchev–Trinajstić information content (AvgIpc) is 2.54. The van der Waals surface area contributed by atoms with Crippen LogP contribution in [0.2, 0.25) is 0 Å². The Hall–Kier alpha value is -0.160. The zero-order valence-electron chi connectivity index (χ0n) is 20.5. The first-order valence-electron chi connectivity index (χ1n) is 11.9. The third-order valence-electron chi connectivity index (χ3n) is 8.49. The lowest BCUT2D eigenvalue weighted by Gasteiger charge is -2.67.